The number of carbonyl (C=O) groups is 2. The first kappa shape index (κ1) is 27.2. The number of hydrogen-bond acceptors (Lipinski definition) is 8. The van der Waals surface area contributed by atoms with Crippen LogP contribution in [0.25, 0.3) is 6.08 Å². The van der Waals surface area contributed by atoms with Gasteiger partial charge in [0.05, 0.1) is 22.9 Å². The SMILES string of the molecule is CCOc1cc(C=C2C(=O)N(c3ccccc3)C(=S)N(c3ccccc3)C2=O)ccc1Oc1ccc([N+](=O)[O-])cn1. The first-order valence-electron chi connectivity index (χ1n) is 12.5. The Morgan fingerprint density at radius 3 is 2.00 bits per heavy atom. The van der Waals surface area contributed by atoms with Crippen molar-refractivity contribution in [3.63, 3.8) is 0 Å². The lowest BCUT2D eigenvalue weighted by Crippen LogP contribution is -2.56. The zero-order valence-electron chi connectivity index (χ0n) is 21.7. The molecular weight excluding hydrogens is 544 g/mol. The van der Waals surface area contributed by atoms with Gasteiger partial charge in [0.25, 0.3) is 17.5 Å². The summed E-state index contributed by atoms with van der Waals surface area (Å²) in [5, 5.41) is 11.0. The van der Waals surface area contributed by atoms with Gasteiger partial charge in [0, 0.05) is 12.1 Å². The third kappa shape index (κ3) is 5.65. The van der Waals surface area contributed by atoms with E-state index in [4.69, 9.17) is 21.7 Å². The largest absolute Gasteiger partial charge is 0.490 e. The summed E-state index contributed by atoms with van der Waals surface area (Å²) in [6.45, 7) is 2.10. The lowest BCUT2D eigenvalue weighted by molar-refractivity contribution is -0.385. The normalized spacial score (nSPS) is 13.3. The van der Waals surface area contributed by atoms with Crippen molar-refractivity contribution in [1.82, 2.24) is 4.98 Å². The summed E-state index contributed by atoms with van der Waals surface area (Å²) in [6, 6.07) is 25.3. The first-order valence-corrected chi connectivity index (χ1v) is 12.9. The number of thiocarbonyl (C=S) groups is 1. The molecule has 0 unspecified atom stereocenters. The van der Waals surface area contributed by atoms with Gasteiger partial charge in [0.15, 0.2) is 16.6 Å². The van der Waals surface area contributed by atoms with Gasteiger partial charge in [0.2, 0.25) is 5.88 Å². The van der Waals surface area contributed by atoms with E-state index in [-0.39, 0.29) is 22.3 Å². The molecule has 1 fully saturated rings. The highest BCUT2D eigenvalue weighted by atomic mass is 32.1. The number of pyridine rings is 1. The Hall–Kier alpha value is -5.42. The minimum Gasteiger partial charge on any atom is -0.490 e. The predicted molar refractivity (Wildman–Crippen MR) is 157 cm³/mol. The summed E-state index contributed by atoms with van der Waals surface area (Å²) in [6.07, 6.45) is 2.57. The van der Waals surface area contributed by atoms with Crippen molar-refractivity contribution in [2.45, 2.75) is 6.92 Å². The monoisotopic (exact) mass is 566 g/mol. The number of hydrogen-bond donors (Lipinski definition) is 0. The molecule has 1 saturated heterocycles. The van der Waals surface area contributed by atoms with Crippen molar-refractivity contribution < 1.29 is 24.0 Å². The highest BCUT2D eigenvalue weighted by Gasteiger charge is 2.41. The second kappa shape index (κ2) is 11.8. The van der Waals surface area contributed by atoms with Crippen LogP contribution < -0.4 is 19.3 Å². The van der Waals surface area contributed by atoms with Crippen molar-refractivity contribution in [3.8, 4) is 17.4 Å². The van der Waals surface area contributed by atoms with Gasteiger partial charge in [-0.05, 0) is 67.2 Å². The van der Waals surface area contributed by atoms with Gasteiger partial charge < -0.3 is 9.47 Å². The molecule has 2 amide bonds. The Morgan fingerprint density at radius 2 is 1.49 bits per heavy atom. The Labute approximate surface area is 240 Å². The van der Waals surface area contributed by atoms with Gasteiger partial charge >= 0.3 is 0 Å². The van der Waals surface area contributed by atoms with Crippen LogP contribution in [-0.2, 0) is 9.59 Å². The highest BCUT2D eigenvalue weighted by molar-refractivity contribution is 7.81. The minimum absolute atomic E-state index is 0.0453. The third-order valence-corrected chi connectivity index (χ3v) is 6.37. The molecule has 0 saturated carbocycles. The number of nitro groups is 1. The molecule has 1 aliphatic heterocycles. The molecule has 5 rings (SSSR count). The van der Waals surface area contributed by atoms with E-state index in [0.717, 1.165) is 6.20 Å². The fraction of sp³-hybridized carbons (Fsp3) is 0.0667. The van der Waals surface area contributed by atoms with E-state index in [0.29, 0.717) is 35.0 Å². The molecule has 0 N–H and O–H groups in total. The van der Waals surface area contributed by atoms with E-state index in [1.807, 2.05) is 12.1 Å². The molecule has 1 aromatic heterocycles. The van der Waals surface area contributed by atoms with E-state index in [2.05, 4.69) is 4.98 Å². The van der Waals surface area contributed by atoms with Crippen LogP contribution in [-0.4, -0.2) is 33.4 Å². The van der Waals surface area contributed by atoms with Crippen LogP contribution in [0.2, 0.25) is 0 Å². The van der Waals surface area contributed by atoms with Crippen LogP contribution in [0.5, 0.6) is 17.4 Å². The summed E-state index contributed by atoms with van der Waals surface area (Å²) in [5.41, 5.74) is 1.29. The number of benzene rings is 3. The number of anilines is 2. The topological polar surface area (TPSA) is 115 Å². The summed E-state index contributed by atoms with van der Waals surface area (Å²) in [4.78, 5) is 44.5. The maximum absolute atomic E-state index is 13.7. The van der Waals surface area contributed by atoms with Gasteiger partial charge in [0.1, 0.15) is 11.8 Å². The molecular formula is C30H22N4O6S. The quantitative estimate of drug-likeness (QED) is 0.0848. The average molecular weight is 567 g/mol. The fourth-order valence-electron chi connectivity index (χ4n) is 4.13. The molecule has 4 aromatic rings. The van der Waals surface area contributed by atoms with Gasteiger partial charge in [-0.15, -0.1) is 0 Å². The smallest absolute Gasteiger partial charge is 0.287 e. The number of amides is 2. The molecule has 41 heavy (non-hydrogen) atoms. The van der Waals surface area contributed by atoms with Crippen molar-refractivity contribution in [3.05, 3.63) is 118 Å². The van der Waals surface area contributed by atoms with E-state index in [9.17, 15) is 19.7 Å². The number of aromatic nitrogens is 1. The second-order valence-corrected chi connectivity index (χ2v) is 9.01. The van der Waals surface area contributed by atoms with Crippen molar-refractivity contribution in [1.29, 1.82) is 0 Å². The van der Waals surface area contributed by atoms with Gasteiger partial charge in [-0.3, -0.25) is 29.5 Å². The lowest BCUT2D eigenvalue weighted by Gasteiger charge is -2.36. The number of rotatable bonds is 8. The number of carbonyl (C=O) groups excluding carboxylic acids is 2. The third-order valence-electron chi connectivity index (χ3n) is 6.00. The fourth-order valence-corrected chi connectivity index (χ4v) is 4.50. The van der Waals surface area contributed by atoms with Gasteiger partial charge in [-0.1, -0.05) is 42.5 Å². The van der Waals surface area contributed by atoms with Crippen LogP contribution in [0, 0.1) is 10.1 Å². The average Bonchev–Trinajstić information content (AvgIpc) is 2.98. The summed E-state index contributed by atoms with van der Waals surface area (Å²) >= 11 is 5.64. The molecule has 3 aromatic carbocycles. The predicted octanol–water partition coefficient (Wildman–Crippen LogP) is 5.93. The van der Waals surface area contributed by atoms with Crippen LogP contribution in [0.3, 0.4) is 0 Å². The lowest BCUT2D eigenvalue weighted by atomic mass is 10.0. The molecule has 2 heterocycles. The number of para-hydroxylation sites is 2. The summed E-state index contributed by atoms with van der Waals surface area (Å²) in [7, 11) is 0. The van der Waals surface area contributed by atoms with E-state index in [1.165, 1.54) is 28.0 Å². The van der Waals surface area contributed by atoms with E-state index in [1.54, 1.807) is 73.7 Å². The minimum atomic E-state index is -0.563. The van der Waals surface area contributed by atoms with Crippen molar-refractivity contribution >= 4 is 52.3 Å². The Morgan fingerprint density at radius 1 is 0.878 bits per heavy atom. The second-order valence-electron chi connectivity index (χ2n) is 8.65. The van der Waals surface area contributed by atoms with Gasteiger partial charge in [-0.2, -0.15) is 0 Å². The molecule has 0 aliphatic carbocycles. The maximum atomic E-state index is 13.7. The number of ether oxygens (including phenoxy) is 2. The molecule has 0 spiro atoms. The summed E-state index contributed by atoms with van der Waals surface area (Å²) in [5.74, 6) is -0.368. The molecule has 0 radical (unpaired) electrons. The number of nitrogens with zero attached hydrogens (tertiary/aromatic N) is 4. The zero-order chi connectivity index (χ0) is 28.9. The molecule has 10 nitrogen and oxygen atoms in total. The molecule has 0 atom stereocenters. The van der Waals surface area contributed by atoms with Crippen LogP contribution in [0.4, 0.5) is 17.1 Å². The Kier molecular flexibility index (Phi) is 7.79. The van der Waals surface area contributed by atoms with Gasteiger partial charge in [-0.25, -0.2) is 4.98 Å². The maximum Gasteiger partial charge on any atom is 0.287 e. The molecule has 11 heteroatoms. The standard InChI is InChI=1S/C30H22N4O6S/c1-2-39-26-18-20(13-15-25(26)40-27-16-14-23(19-31-27)34(37)38)17-24-28(35)32(21-9-5-3-6-10-21)30(41)33(29(24)36)22-11-7-4-8-12-22/h3-19H,2H2,1H3. The van der Waals surface area contributed by atoms with E-state index < -0.39 is 16.7 Å². The molecule has 0 bridgehead atoms. The first-order chi connectivity index (χ1) is 19.9. The Balaban J connectivity index is 1.53. The van der Waals surface area contributed by atoms with Crippen molar-refractivity contribution in [2.75, 3.05) is 16.4 Å². The molecule has 1 aliphatic rings. The zero-order valence-corrected chi connectivity index (χ0v) is 22.5. The van der Waals surface area contributed by atoms with Crippen LogP contribution in [0.15, 0.2) is 103 Å². The highest BCUT2D eigenvalue weighted by Crippen LogP contribution is 2.34. The van der Waals surface area contributed by atoms with Crippen LogP contribution in [0.1, 0.15) is 12.5 Å². The summed E-state index contributed by atoms with van der Waals surface area (Å²) < 4.78 is 11.6. The van der Waals surface area contributed by atoms with Crippen molar-refractivity contribution in [2.24, 2.45) is 0 Å². The molecule has 204 valence electrons. The Bertz CT molecular complexity index is 1600. The van der Waals surface area contributed by atoms with E-state index >= 15 is 0 Å². The van der Waals surface area contributed by atoms with Crippen LogP contribution >= 0.6 is 12.2 Å².